The zero-order valence-corrected chi connectivity index (χ0v) is 9.40. The van der Waals surface area contributed by atoms with Crippen LogP contribution in [0.15, 0.2) is 17.0 Å². The molecule has 0 aliphatic carbocycles. The molecule has 0 spiro atoms. The topological polar surface area (TPSA) is 43.1 Å². The first-order valence-corrected chi connectivity index (χ1v) is 6.91. The average Bonchev–Trinajstić information content (AvgIpc) is 2.06. The molecule has 0 aliphatic heterocycles. The molecule has 0 aliphatic rings. The molecule has 0 amide bonds. The monoisotopic (exact) mass is 235 g/mol. The van der Waals surface area contributed by atoms with Crippen molar-refractivity contribution < 1.29 is 13.7 Å². The minimum atomic E-state index is -1.44. The molecule has 0 radical (unpaired) electrons. The van der Waals surface area contributed by atoms with Crippen molar-refractivity contribution in [2.45, 2.75) is 4.90 Å². The van der Waals surface area contributed by atoms with Crippen molar-refractivity contribution in [2.75, 3.05) is 18.8 Å². The van der Waals surface area contributed by atoms with Crippen LogP contribution in [0.3, 0.4) is 0 Å². The molecule has 0 saturated carbocycles. The van der Waals surface area contributed by atoms with Gasteiger partial charge in [-0.05, 0) is 24.8 Å². The molecular weight excluding hydrogens is 224 g/mol. The quantitative estimate of drug-likeness (QED) is 0.584. The number of hydrogen-bond acceptors (Lipinski definition) is 2. The van der Waals surface area contributed by atoms with Crippen molar-refractivity contribution in [3.05, 3.63) is 33.9 Å². The standard InChI is InChI=1S/C9H11F2NO2S/c1-15(2,3)9-5-6(10)8(12(13)14)4-7(9)11/h4-5H,1-3H3. The van der Waals surface area contributed by atoms with Crippen molar-refractivity contribution in [1.29, 1.82) is 0 Å². The van der Waals surface area contributed by atoms with Crippen LogP contribution >= 0.6 is 10.0 Å². The first-order valence-electron chi connectivity index (χ1n) is 4.05. The van der Waals surface area contributed by atoms with E-state index in [1.165, 1.54) is 0 Å². The molecule has 0 N–H and O–H groups in total. The lowest BCUT2D eigenvalue weighted by Gasteiger charge is -2.25. The van der Waals surface area contributed by atoms with Crippen LogP contribution in [0.1, 0.15) is 0 Å². The van der Waals surface area contributed by atoms with Gasteiger partial charge in [0.15, 0.2) is 0 Å². The molecule has 1 aromatic carbocycles. The van der Waals surface area contributed by atoms with E-state index in [1.54, 1.807) is 18.8 Å². The van der Waals surface area contributed by atoms with Gasteiger partial charge in [-0.1, -0.05) is 0 Å². The lowest BCUT2D eigenvalue weighted by Crippen LogP contribution is -2.01. The Morgan fingerprint density at radius 1 is 1.20 bits per heavy atom. The van der Waals surface area contributed by atoms with E-state index in [0.717, 1.165) is 6.07 Å². The summed E-state index contributed by atoms with van der Waals surface area (Å²) in [6.07, 6.45) is 5.37. The Balaban J connectivity index is 3.39. The second kappa shape index (κ2) is 3.77. The number of benzene rings is 1. The van der Waals surface area contributed by atoms with Crippen molar-refractivity contribution in [3.63, 3.8) is 0 Å². The molecule has 0 heterocycles. The first-order chi connectivity index (χ1) is 6.73. The number of nitro benzene ring substituents is 1. The molecule has 1 aromatic rings. The van der Waals surface area contributed by atoms with Gasteiger partial charge < -0.3 is 0 Å². The molecule has 0 fully saturated rings. The highest BCUT2D eigenvalue weighted by Gasteiger charge is 2.22. The fourth-order valence-corrected chi connectivity index (χ4v) is 2.23. The summed E-state index contributed by atoms with van der Waals surface area (Å²) in [4.78, 5) is 9.62. The van der Waals surface area contributed by atoms with Gasteiger partial charge in [-0.3, -0.25) is 10.1 Å². The highest BCUT2D eigenvalue weighted by atomic mass is 32.3. The van der Waals surface area contributed by atoms with Crippen LogP contribution in [0.25, 0.3) is 0 Å². The summed E-state index contributed by atoms with van der Waals surface area (Å²) in [5.41, 5.74) is -0.820. The zero-order chi connectivity index (χ0) is 11.8. The van der Waals surface area contributed by atoms with Gasteiger partial charge >= 0.3 is 5.69 Å². The first kappa shape index (κ1) is 11.9. The van der Waals surface area contributed by atoms with E-state index in [1.807, 2.05) is 0 Å². The predicted molar refractivity (Wildman–Crippen MR) is 56.6 cm³/mol. The molecule has 6 heteroatoms. The Morgan fingerprint density at radius 2 is 1.73 bits per heavy atom. The second-order valence-corrected chi connectivity index (χ2v) is 7.94. The van der Waals surface area contributed by atoms with Crippen LogP contribution in [0.2, 0.25) is 0 Å². The van der Waals surface area contributed by atoms with Crippen molar-refractivity contribution in [3.8, 4) is 0 Å². The molecular formula is C9H11F2NO2S. The third-order valence-electron chi connectivity index (χ3n) is 1.86. The third-order valence-corrected chi connectivity index (χ3v) is 3.49. The summed E-state index contributed by atoms with van der Waals surface area (Å²) >= 11 is 0. The molecule has 0 unspecified atom stereocenters. The lowest BCUT2D eigenvalue weighted by atomic mass is 10.3. The van der Waals surface area contributed by atoms with Crippen molar-refractivity contribution in [2.24, 2.45) is 0 Å². The Hall–Kier alpha value is -1.17. The molecule has 0 atom stereocenters. The lowest BCUT2D eigenvalue weighted by molar-refractivity contribution is -0.387. The molecule has 0 saturated heterocycles. The van der Waals surface area contributed by atoms with Gasteiger partial charge in [0, 0.05) is 4.90 Å². The maximum absolute atomic E-state index is 13.4. The molecule has 3 nitrogen and oxygen atoms in total. The fourth-order valence-electron chi connectivity index (χ4n) is 1.13. The summed E-state index contributed by atoms with van der Waals surface area (Å²) < 4.78 is 26.7. The number of rotatable bonds is 2. The molecule has 1 rings (SSSR count). The van der Waals surface area contributed by atoms with E-state index >= 15 is 0 Å². The molecule has 15 heavy (non-hydrogen) atoms. The number of hydrogen-bond donors (Lipinski definition) is 0. The maximum Gasteiger partial charge on any atom is 0.307 e. The summed E-state index contributed by atoms with van der Waals surface area (Å²) in [7, 11) is -1.44. The van der Waals surface area contributed by atoms with Gasteiger partial charge in [-0.25, -0.2) is 14.4 Å². The molecule has 84 valence electrons. The van der Waals surface area contributed by atoms with Crippen LogP contribution in [-0.2, 0) is 0 Å². The van der Waals surface area contributed by atoms with Gasteiger partial charge in [0.1, 0.15) is 5.82 Å². The van der Waals surface area contributed by atoms with Crippen molar-refractivity contribution >= 4 is 15.7 Å². The third kappa shape index (κ3) is 2.44. The maximum atomic E-state index is 13.4. The Bertz CT molecular complexity index is 415. The SMILES string of the molecule is CS(C)(C)c1cc(F)c([N+](=O)[O-])cc1F. The largest absolute Gasteiger partial charge is 0.307 e. The van der Waals surface area contributed by atoms with E-state index in [4.69, 9.17) is 0 Å². The van der Waals surface area contributed by atoms with Crippen LogP contribution in [0.5, 0.6) is 0 Å². The van der Waals surface area contributed by atoms with E-state index < -0.39 is 32.3 Å². The normalized spacial score (nSPS) is 12.6. The van der Waals surface area contributed by atoms with Gasteiger partial charge in [0.2, 0.25) is 5.82 Å². The summed E-state index contributed by atoms with van der Waals surface area (Å²) in [5.74, 6) is -1.70. The second-order valence-electron chi connectivity index (χ2n) is 3.83. The number of nitrogens with zero attached hydrogens (tertiary/aromatic N) is 1. The van der Waals surface area contributed by atoms with E-state index in [9.17, 15) is 18.9 Å². The number of nitro groups is 1. The van der Waals surface area contributed by atoms with E-state index in [-0.39, 0.29) is 4.90 Å². The smallest absolute Gasteiger partial charge is 0.258 e. The summed E-state index contributed by atoms with van der Waals surface area (Å²) in [5, 5.41) is 10.3. The Kier molecular flexibility index (Phi) is 2.99. The summed E-state index contributed by atoms with van der Waals surface area (Å²) in [6, 6.07) is 1.56. The minimum Gasteiger partial charge on any atom is -0.258 e. The van der Waals surface area contributed by atoms with Gasteiger partial charge in [0.05, 0.1) is 11.0 Å². The Labute approximate surface area is 87.6 Å². The van der Waals surface area contributed by atoms with Crippen LogP contribution < -0.4 is 0 Å². The van der Waals surface area contributed by atoms with Crippen molar-refractivity contribution in [1.82, 2.24) is 0 Å². The summed E-state index contributed by atoms with van der Waals surface area (Å²) in [6.45, 7) is 0. The van der Waals surface area contributed by atoms with Crippen LogP contribution in [0, 0.1) is 21.7 Å². The molecule has 0 bridgehead atoms. The molecule has 0 aromatic heterocycles. The van der Waals surface area contributed by atoms with Gasteiger partial charge in [-0.2, -0.15) is 4.39 Å². The average molecular weight is 235 g/mol. The number of halogens is 2. The zero-order valence-electron chi connectivity index (χ0n) is 8.58. The highest BCUT2D eigenvalue weighted by Crippen LogP contribution is 2.47. The minimum absolute atomic E-state index is 0.214. The Morgan fingerprint density at radius 3 is 2.13 bits per heavy atom. The van der Waals surface area contributed by atoms with E-state index in [2.05, 4.69) is 0 Å². The highest BCUT2D eigenvalue weighted by molar-refractivity contribution is 8.32. The van der Waals surface area contributed by atoms with Crippen LogP contribution in [-0.4, -0.2) is 23.7 Å². The van der Waals surface area contributed by atoms with E-state index in [0.29, 0.717) is 6.07 Å². The van der Waals surface area contributed by atoms with Gasteiger partial charge in [-0.15, -0.1) is 0 Å². The predicted octanol–water partition coefficient (Wildman–Crippen LogP) is 2.93. The van der Waals surface area contributed by atoms with Gasteiger partial charge in [0.25, 0.3) is 0 Å². The van der Waals surface area contributed by atoms with Crippen LogP contribution in [0.4, 0.5) is 14.5 Å². The fraction of sp³-hybridized carbons (Fsp3) is 0.333.